The summed E-state index contributed by atoms with van der Waals surface area (Å²) in [4.78, 5) is 0. The smallest absolute Gasteiger partial charge is 0 e. The third kappa shape index (κ3) is 8.82. The monoisotopic (exact) mass is 329 g/mol. The molecule has 0 radical (unpaired) electrons. The van der Waals surface area contributed by atoms with Gasteiger partial charge in [-0.05, 0) is 0 Å². The zero-order valence-corrected chi connectivity index (χ0v) is 9.11. The molecule has 4 heavy (non-hydrogen) atoms. The predicted octanol–water partition coefficient (Wildman–Crippen LogP) is -0.924. The molecule has 0 amide bonds. The third-order valence-corrected chi connectivity index (χ3v) is 0. The molecule has 0 fully saturated rings. The Morgan fingerprint density at radius 2 is 1.00 bits per heavy atom. The minimum absolute atomic E-state index is 0. The molecule has 0 atom stereocenters. The fourth-order valence-corrected chi connectivity index (χ4v) is 0. The molecule has 4 heteroatoms. The molecule has 0 rings (SSSR count). The van der Waals surface area contributed by atoms with Crippen LogP contribution in [-0.2, 0) is 73.8 Å². The van der Waals surface area contributed by atoms with Crippen molar-refractivity contribution in [1.82, 2.24) is 0 Å². The van der Waals surface area contributed by atoms with Gasteiger partial charge in [-0.1, -0.05) is 0 Å². The summed E-state index contributed by atoms with van der Waals surface area (Å²) in [6, 6.07) is 0. The Morgan fingerprint density at radius 3 is 1.00 bits per heavy atom. The number of hydrogen-bond acceptors (Lipinski definition) is 0. The van der Waals surface area contributed by atoms with E-state index in [1.54, 1.807) is 0 Å². The van der Waals surface area contributed by atoms with E-state index in [4.69, 9.17) is 0 Å². The average Bonchev–Trinajstić information content (AvgIpc) is 0. The minimum Gasteiger partial charge on any atom is 0 e. The van der Waals surface area contributed by atoms with Gasteiger partial charge in [0, 0.05) is 73.8 Å². The molecular formula is H2BeHfTiZr. The van der Waals surface area contributed by atoms with Crippen molar-refractivity contribution in [3.05, 3.63) is 0 Å². The van der Waals surface area contributed by atoms with Crippen LogP contribution in [0, 0.1) is 0 Å². The molecule has 0 heterocycles. The van der Waals surface area contributed by atoms with Crippen LogP contribution in [0.2, 0.25) is 0 Å². The van der Waals surface area contributed by atoms with Gasteiger partial charge in [-0.3, -0.25) is 0 Å². The quantitative estimate of drug-likeness (QED) is 0.505. The normalized spacial score (nSPS) is 0. The van der Waals surface area contributed by atoms with Crippen molar-refractivity contribution in [2.45, 2.75) is 0 Å². The summed E-state index contributed by atoms with van der Waals surface area (Å²) in [5, 5.41) is 0. The Labute approximate surface area is 82.5 Å². The van der Waals surface area contributed by atoms with Crippen molar-refractivity contribution in [3.8, 4) is 0 Å². The van der Waals surface area contributed by atoms with E-state index in [-0.39, 0.29) is 83.9 Å². The standard InChI is InChI=1S/Be.Hf.Ti.Zr.2H. The van der Waals surface area contributed by atoms with E-state index in [0.29, 0.717) is 0 Å². The topological polar surface area (TPSA) is 0 Å². The summed E-state index contributed by atoms with van der Waals surface area (Å²) in [5.41, 5.74) is 0. The first-order chi connectivity index (χ1) is 0. The first-order valence-corrected chi connectivity index (χ1v) is 0. The molecule has 0 aliphatic heterocycles. The SMILES string of the molecule is [BeH2].[Hf].[Ti].[Zr]. The molecule has 0 bridgehead atoms. The first-order valence-electron chi connectivity index (χ1n) is 0. The van der Waals surface area contributed by atoms with Crippen LogP contribution in [0.3, 0.4) is 0 Å². The van der Waals surface area contributed by atoms with Crippen molar-refractivity contribution in [3.63, 3.8) is 0 Å². The molecule has 0 aromatic heterocycles. The van der Waals surface area contributed by atoms with Crippen LogP contribution in [0.4, 0.5) is 0 Å². The van der Waals surface area contributed by atoms with Gasteiger partial charge in [0.25, 0.3) is 0 Å². The van der Waals surface area contributed by atoms with Crippen LogP contribution in [0.15, 0.2) is 0 Å². The Bertz CT molecular complexity index is 8.00. The Balaban J connectivity index is 0. The molecule has 0 nitrogen and oxygen atoms in total. The Morgan fingerprint density at radius 1 is 1.00 bits per heavy atom. The average molecular weight is 329 g/mol. The third-order valence-electron chi connectivity index (χ3n) is 0. The fourth-order valence-electron chi connectivity index (χ4n) is 0. The summed E-state index contributed by atoms with van der Waals surface area (Å²) in [7, 11) is 0. The van der Waals surface area contributed by atoms with Crippen molar-refractivity contribution < 1.29 is 73.8 Å². The second-order valence-corrected chi connectivity index (χ2v) is 0. The molecule has 0 spiro atoms. The summed E-state index contributed by atoms with van der Waals surface area (Å²) in [5.74, 6) is 0. The number of rotatable bonds is 0. The van der Waals surface area contributed by atoms with Crippen LogP contribution < -0.4 is 0 Å². The van der Waals surface area contributed by atoms with E-state index in [1.807, 2.05) is 0 Å². The van der Waals surface area contributed by atoms with Crippen molar-refractivity contribution in [2.24, 2.45) is 0 Å². The number of hydrogen-bond donors (Lipinski definition) is 0. The van der Waals surface area contributed by atoms with Crippen LogP contribution in [0.25, 0.3) is 0 Å². The minimum atomic E-state index is 0. The van der Waals surface area contributed by atoms with E-state index in [9.17, 15) is 0 Å². The van der Waals surface area contributed by atoms with Crippen molar-refractivity contribution in [2.75, 3.05) is 0 Å². The molecular weight excluding hydrogens is 327 g/mol. The molecule has 0 unspecified atom stereocenters. The van der Waals surface area contributed by atoms with Gasteiger partial charge in [-0.15, -0.1) is 0 Å². The van der Waals surface area contributed by atoms with Gasteiger partial charge in [0.15, 0.2) is 0 Å². The second-order valence-electron chi connectivity index (χ2n) is 0. The molecule has 0 aliphatic rings. The summed E-state index contributed by atoms with van der Waals surface area (Å²) >= 11 is 0. The van der Waals surface area contributed by atoms with Crippen molar-refractivity contribution in [1.29, 1.82) is 0 Å². The molecule has 0 saturated heterocycles. The van der Waals surface area contributed by atoms with Gasteiger partial charge in [0.2, 0.25) is 0 Å². The van der Waals surface area contributed by atoms with E-state index < -0.39 is 0 Å². The van der Waals surface area contributed by atoms with E-state index in [2.05, 4.69) is 0 Å². The Hall–Kier alpha value is 2.64. The van der Waals surface area contributed by atoms with E-state index >= 15 is 0 Å². The largest absolute Gasteiger partial charge is 0 e. The summed E-state index contributed by atoms with van der Waals surface area (Å²) < 4.78 is 0. The van der Waals surface area contributed by atoms with Gasteiger partial charge < -0.3 is 0 Å². The Kier molecular flexibility index (Phi) is 132. The van der Waals surface area contributed by atoms with Gasteiger partial charge in [0.1, 0.15) is 0 Å². The van der Waals surface area contributed by atoms with Crippen LogP contribution in [-0.4, -0.2) is 10.1 Å². The maximum atomic E-state index is 0. The van der Waals surface area contributed by atoms with E-state index in [1.165, 1.54) is 0 Å². The molecule has 0 aromatic carbocycles. The van der Waals surface area contributed by atoms with Gasteiger partial charge >= 0.3 is 10.1 Å². The van der Waals surface area contributed by atoms with Gasteiger partial charge in [-0.25, -0.2) is 0 Å². The maximum Gasteiger partial charge on any atom is 0 e. The van der Waals surface area contributed by atoms with E-state index in [0.717, 1.165) is 0 Å². The zero-order chi connectivity index (χ0) is 0. The zero-order valence-electron chi connectivity index (χ0n) is 1.50. The predicted molar refractivity (Wildman–Crippen MR) is 8.54 cm³/mol. The van der Waals surface area contributed by atoms with Crippen LogP contribution >= 0.6 is 0 Å². The maximum absolute atomic E-state index is 0. The molecule has 16 valence electrons. The fraction of sp³-hybridized carbons (Fsp3) is 0. The summed E-state index contributed by atoms with van der Waals surface area (Å²) in [6.07, 6.45) is 0. The van der Waals surface area contributed by atoms with Gasteiger partial charge in [0.05, 0.1) is 0 Å². The second kappa shape index (κ2) is 17.4. The molecule has 0 saturated carbocycles. The van der Waals surface area contributed by atoms with Crippen LogP contribution in [0.1, 0.15) is 0 Å². The molecule has 0 aromatic rings. The molecule has 0 aliphatic carbocycles. The van der Waals surface area contributed by atoms with Crippen molar-refractivity contribution >= 4 is 10.1 Å². The van der Waals surface area contributed by atoms with Gasteiger partial charge in [-0.2, -0.15) is 0 Å². The first kappa shape index (κ1) is 30.3. The molecule has 0 N–H and O–H groups in total. The van der Waals surface area contributed by atoms with Crippen LogP contribution in [0.5, 0.6) is 0 Å². The summed E-state index contributed by atoms with van der Waals surface area (Å²) in [6.45, 7) is 0.